The first-order valence-corrected chi connectivity index (χ1v) is 6.66. The van der Waals surface area contributed by atoms with Crippen molar-refractivity contribution in [3.8, 4) is 5.75 Å². The maximum atomic E-state index is 5.33. The molecule has 2 atom stereocenters. The molecule has 2 heteroatoms. The van der Waals surface area contributed by atoms with E-state index in [-0.39, 0.29) is 0 Å². The van der Waals surface area contributed by atoms with Crippen LogP contribution in [0, 0.1) is 13.8 Å². The molecule has 2 unspecified atom stereocenters. The van der Waals surface area contributed by atoms with E-state index in [1.54, 1.807) is 7.11 Å². The summed E-state index contributed by atoms with van der Waals surface area (Å²) in [6.07, 6.45) is 1.16. The first-order valence-electron chi connectivity index (χ1n) is 5.75. The van der Waals surface area contributed by atoms with Crippen molar-refractivity contribution in [2.45, 2.75) is 44.9 Å². The van der Waals surface area contributed by atoms with Crippen molar-refractivity contribution in [1.29, 1.82) is 0 Å². The summed E-state index contributed by atoms with van der Waals surface area (Å²) in [5.41, 5.74) is 3.98. The van der Waals surface area contributed by atoms with Gasteiger partial charge in [0.25, 0.3) is 0 Å². The van der Waals surface area contributed by atoms with Crippen LogP contribution in [0.4, 0.5) is 0 Å². The molecule has 1 rings (SSSR count). The molecule has 0 radical (unpaired) electrons. The molecule has 0 aliphatic heterocycles. The number of aryl methyl sites for hydroxylation is 2. The SMILES string of the molecule is COc1cc(C)c(C(C)CC(C)Br)cc1C. The highest BCUT2D eigenvalue weighted by Crippen LogP contribution is 2.30. The molecular formula is C14H21BrO. The van der Waals surface area contributed by atoms with Crippen LogP contribution in [-0.2, 0) is 0 Å². The fourth-order valence-electron chi connectivity index (χ4n) is 2.18. The number of alkyl halides is 1. The van der Waals surface area contributed by atoms with Gasteiger partial charge in [0.1, 0.15) is 5.75 Å². The molecule has 0 amide bonds. The van der Waals surface area contributed by atoms with E-state index in [4.69, 9.17) is 4.74 Å². The van der Waals surface area contributed by atoms with E-state index in [1.807, 2.05) is 0 Å². The lowest BCUT2D eigenvalue weighted by atomic mass is 9.91. The van der Waals surface area contributed by atoms with Crippen molar-refractivity contribution < 1.29 is 4.74 Å². The van der Waals surface area contributed by atoms with Gasteiger partial charge < -0.3 is 4.74 Å². The highest BCUT2D eigenvalue weighted by molar-refractivity contribution is 9.09. The second kappa shape index (κ2) is 5.72. The van der Waals surface area contributed by atoms with Gasteiger partial charge in [-0.15, -0.1) is 0 Å². The number of rotatable bonds is 4. The van der Waals surface area contributed by atoms with Crippen LogP contribution in [0.25, 0.3) is 0 Å². The van der Waals surface area contributed by atoms with Gasteiger partial charge in [0, 0.05) is 4.83 Å². The Morgan fingerprint density at radius 3 is 2.31 bits per heavy atom. The van der Waals surface area contributed by atoms with Gasteiger partial charge in [0.15, 0.2) is 0 Å². The monoisotopic (exact) mass is 284 g/mol. The maximum absolute atomic E-state index is 5.33. The molecule has 90 valence electrons. The van der Waals surface area contributed by atoms with Crippen LogP contribution < -0.4 is 4.74 Å². The van der Waals surface area contributed by atoms with Crippen LogP contribution in [0.15, 0.2) is 12.1 Å². The third-order valence-corrected chi connectivity index (χ3v) is 3.37. The molecular weight excluding hydrogens is 264 g/mol. The van der Waals surface area contributed by atoms with Crippen molar-refractivity contribution in [2.75, 3.05) is 7.11 Å². The molecule has 1 nitrogen and oxygen atoms in total. The summed E-state index contributed by atoms with van der Waals surface area (Å²) >= 11 is 3.62. The molecule has 0 aliphatic carbocycles. The molecule has 0 aliphatic rings. The van der Waals surface area contributed by atoms with Crippen LogP contribution in [-0.4, -0.2) is 11.9 Å². The smallest absolute Gasteiger partial charge is 0.122 e. The van der Waals surface area contributed by atoms with E-state index in [2.05, 4.69) is 55.8 Å². The topological polar surface area (TPSA) is 9.23 Å². The minimum absolute atomic E-state index is 0.560. The normalized spacial score (nSPS) is 14.6. The van der Waals surface area contributed by atoms with Gasteiger partial charge >= 0.3 is 0 Å². The lowest BCUT2D eigenvalue weighted by Crippen LogP contribution is -2.03. The second-order valence-corrected chi connectivity index (χ2v) is 6.16. The van der Waals surface area contributed by atoms with Crippen molar-refractivity contribution in [3.63, 3.8) is 0 Å². The molecule has 0 saturated carbocycles. The minimum atomic E-state index is 0.560. The zero-order chi connectivity index (χ0) is 12.3. The van der Waals surface area contributed by atoms with Gasteiger partial charge in [0.05, 0.1) is 7.11 Å². The van der Waals surface area contributed by atoms with Crippen LogP contribution in [0.2, 0.25) is 0 Å². The lowest BCUT2D eigenvalue weighted by molar-refractivity contribution is 0.411. The van der Waals surface area contributed by atoms with Crippen LogP contribution in [0.1, 0.15) is 42.9 Å². The van der Waals surface area contributed by atoms with Crippen molar-refractivity contribution in [1.82, 2.24) is 0 Å². The Labute approximate surface area is 107 Å². The Morgan fingerprint density at radius 1 is 1.19 bits per heavy atom. The van der Waals surface area contributed by atoms with Crippen molar-refractivity contribution in [3.05, 3.63) is 28.8 Å². The Bertz CT molecular complexity index is 358. The highest BCUT2D eigenvalue weighted by Gasteiger charge is 2.13. The average molecular weight is 285 g/mol. The molecule has 0 bridgehead atoms. The summed E-state index contributed by atoms with van der Waals surface area (Å²) in [6, 6.07) is 4.40. The predicted octanol–water partition coefficient (Wildman–Crippen LogP) is 4.59. The standard InChI is InChI=1S/C14H21BrO/c1-9(6-12(4)15)13-7-11(3)14(16-5)8-10(13)2/h7-9,12H,6H2,1-5H3. The Balaban J connectivity index is 3.01. The van der Waals surface area contributed by atoms with Crippen molar-refractivity contribution >= 4 is 15.9 Å². The first kappa shape index (κ1) is 13.6. The number of ether oxygens (including phenoxy) is 1. The number of benzene rings is 1. The predicted molar refractivity (Wildman–Crippen MR) is 73.9 cm³/mol. The van der Waals surface area contributed by atoms with Gasteiger partial charge in [-0.05, 0) is 48.9 Å². The van der Waals surface area contributed by atoms with E-state index in [0.29, 0.717) is 10.7 Å². The van der Waals surface area contributed by atoms with E-state index < -0.39 is 0 Å². The van der Waals surface area contributed by atoms with Gasteiger partial charge in [0.2, 0.25) is 0 Å². The summed E-state index contributed by atoms with van der Waals surface area (Å²) < 4.78 is 5.33. The van der Waals surface area contributed by atoms with Gasteiger partial charge in [-0.25, -0.2) is 0 Å². The van der Waals surface area contributed by atoms with Gasteiger partial charge in [-0.1, -0.05) is 35.8 Å². The largest absolute Gasteiger partial charge is 0.496 e. The van der Waals surface area contributed by atoms with E-state index in [0.717, 1.165) is 12.2 Å². The van der Waals surface area contributed by atoms with E-state index in [9.17, 15) is 0 Å². The van der Waals surface area contributed by atoms with Crippen LogP contribution in [0.5, 0.6) is 5.75 Å². The summed E-state index contributed by atoms with van der Waals surface area (Å²) in [5.74, 6) is 1.57. The Hall–Kier alpha value is -0.500. The number of hydrogen-bond acceptors (Lipinski definition) is 1. The van der Waals surface area contributed by atoms with Crippen LogP contribution in [0.3, 0.4) is 0 Å². The molecule has 1 aromatic rings. The first-order chi connectivity index (χ1) is 7.45. The quantitative estimate of drug-likeness (QED) is 0.735. The van der Waals surface area contributed by atoms with Gasteiger partial charge in [-0.2, -0.15) is 0 Å². The van der Waals surface area contributed by atoms with Crippen LogP contribution >= 0.6 is 15.9 Å². The summed E-state index contributed by atoms with van der Waals surface area (Å²) in [5, 5.41) is 0. The molecule has 16 heavy (non-hydrogen) atoms. The maximum Gasteiger partial charge on any atom is 0.122 e. The van der Waals surface area contributed by atoms with E-state index in [1.165, 1.54) is 16.7 Å². The molecule has 0 N–H and O–H groups in total. The summed E-state index contributed by atoms with van der Waals surface area (Å²) in [7, 11) is 1.73. The fourth-order valence-corrected chi connectivity index (χ4v) is 2.74. The molecule has 1 aromatic carbocycles. The van der Waals surface area contributed by atoms with E-state index >= 15 is 0 Å². The minimum Gasteiger partial charge on any atom is -0.496 e. The Morgan fingerprint density at radius 2 is 1.81 bits per heavy atom. The number of methoxy groups -OCH3 is 1. The molecule has 0 saturated heterocycles. The highest BCUT2D eigenvalue weighted by atomic mass is 79.9. The zero-order valence-electron chi connectivity index (χ0n) is 10.8. The molecule has 0 fully saturated rings. The lowest BCUT2D eigenvalue weighted by Gasteiger charge is -2.18. The number of halogens is 1. The molecule has 0 heterocycles. The molecule has 0 spiro atoms. The van der Waals surface area contributed by atoms with Gasteiger partial charge in [-0.3, -0.25) is 0 Å². The Kier molecular flexibility index (Phi) is 4.85. The average Bonchev–Trinajstić information content (AvgIpc) is 2.19. The third-order valence-electron chi connectivity index (χ3n) is 2.99. The third kappa shape index (κ3) is 3.24. The summed E-state index contributed by atoms with van der Waals surface area (Å²) in [4.78, 5) is 0.560. The summed E-state index contributed by atoms with van der Waals surface area (Å²) in [6.45, 7) is 8.74. The second-order valence-electron chi connectivity index (χ2n) is 4.60. The fraction of sp³-hybridized carbons (Fsp3) is 0.571. The van der Waals surface area contributed by atoms with Crippen molar-refractivity contribution in [2.24, 2.45) is 0 Å². The zero-order valence-corrected chi connectivity index (χ0v) is 12.4. The molecule has 0 aromatic heterocycles. The number of hydrogen-bond donors (Lipinski definition) is 0.